The average Bonchev–Trinajstić information content (AvgIpc) is 3.19. The van der Waals surface area contributed by atoms with Crippen molar-refractivity contribution < 1.29 is 23.8 Å². The molecule has 8 heteroatoms. The Labute approximate surface area is 201 Å². The molecule has 1 saturated heterocycles. The van der Waals surface area contributed by atoms with Gasteiger partial charge in [-0.3, -0.25) is 4.79 Å². The van der Waals surface area contributed by atoms with Gasteiger partial charge in [0.1, 0.15) is 5.75 Å². The molecule has 3 aromatic rings. The standard InChI is InChI=1S/C26H22N2O5S/c1-16-4-7-18(8-5-16)25(30)33-21-13-6-17(14-22(21)32-3)15-23-24(29)28-26(34-23)27-19-9-11-20(31-2)12-10-19/h4-15H,1-3H3,(H,27,28,29)/b23-15-. The molecule has 7 nitrogen and oxygen atoms in total. The Morgan fingerprint density at radius 2 is 1.68 bits per heavy atom. The number of rotatable bonds is 6. The van der Waals surface area contributed by atoms with Crippen LogP contribution in [0, 0.1) is 6.92 Å². The molecular weight excluding hydrogens is 452 g/mol. The molecule has 1 aliphatic rings. The zero-order chi connectivity index (χ0) is 24.1. The number of nitrogens with zero attached hydrogens (tertiary/aromatic N) is 1. The summed E-state index contributed by atoms with van der Waals surface area (Å²) in [5.74, 6) is 0.682. The second-order valence-electron chi connectivity index (χ2n) is 7.35. The summed E-state index contributed by atoms with van der Waals surface area (Å²) in [6.07, 6.45) is 1.73. The van der Waals surface area contributed by atoms with Crippen LogP contribution >= 0.6 is 11.8 Å². The summed E-state index contributed by atoms with van der Waals surface area (Å²) < 4.78 is 16.1. The van der Waals surface area contributed by atoms with Crippen LogP contribution in [0.15, 0.2) is 76.6 Å². The summed E-state index contributed by atoms with van der Waals surface area (Å²) in [6.45, 7) is 1.95. The van der Waals surface area contributed by atoms with E-state index in [1.54, 1.807) is 55.7 Å². The van der Waals surface area contributed by atoms with Gasteiger partial charge in [-0.15, -0.1) is 0 Å². The highest BCUT2D eigenvalue weighted by Crippen LogP contribution is 2.33. The van der Waals surface area contributed by atoms with Crippen molar-refractivity contribution in [1.29, 1.82) is 0 Å². The van der Waals surface area contributed by atoms with E-state index >= 15 is 0 Å². The highest BCUT2D eigenvalue weighted by atomic mass is 32.2. The summed E-state index contributed by atoms with van der Waals surface area (Å²) in [5, 5.41) is 3.25. The second-order valence-corrected chi connectivity index (χ2v) is 8.38. The Morgan fingerprint density at radius 3 is 2.35 bits per heavy atom. The summed E-state index contributed by atoms with van der Waals surface area (Å²) in [6, 6.07) is 19.4. The average molecular weight is 475 g/mol. The zero-order valence-corrected chi connectivity index (χ0v) is 19.6. The fraction of sp³-hybridized carbons (Fsp3) is 0.115. The van der Waals surface area contributed by atoms with Gasteiger partial charge < -0.3 is 19.5 Å². The van der Waals surface area contributed by atoms with Crippen molar-refractivity contribution >= 4 is 40.6 Å². The van der Waals surface area contributed by atoms with Crippen molar-refractivity contribution in [1.82, 2.24) is 5.32 Å². The molecule has 0 aliphatic carbocycles. The Kier molecular flexibility index (Phi) is 6.98. The van der Waals surface area contributed by atoms with Crippen LogP contribution in [0.4, 0.5) is 5.69 Å². The van der Waals surface area contributed by atoms with Crippen LogP contribution in [-0.2, 0) is 4.79 Å². The molecular formula is C26H22N2O5S. The highest BCUT2D eigenvalue weighted by Gasteiger charge is 2.24. The van der Waals surface area contributed by atoms with Gasteiger partial charge in [-0.1, -0.05) is 23.8 Å². The van der Waals surface area contributed by atoms with Crippen molar-refractivity contribution in [3.05, 3.63) is 88.3 Å². The number of hydrogen-bond donors (Lipinski definition) is 1. The second kappa shape index (κ2) is 10.3. The molecule has 1 aliphatic heterocycles. The van der Waals surface area contributed by atoms with E-state index in [9.17, 15) is 9.59 Å². The smallest absolute Gasteiger partial charge is 0.343 e. The largest absolute Gasteiger partial charge is 0.497 e. The van der Waals surface area contributed by atoms with Crippen LogP contribution in [0.3, 0.4) is 0 Å². The van der Waals surface area contributed by atoms with E-state index in [2.05, 4.69) is 10.3 Å². The van der Waals surface area contributed by atoms with Crippen LogP contribution in [0.5, 0.6) is 17.2 Å². The van der Waals surface area contributed by atoms with Gasteiger partial charge in [0.2, 0.25) is 0 Å². The summed E-state index contributed by atoms with van der Waals surface area (Å²) >= 11 is 1.24. The van der Waals surface area contributed by atoms with Gasteiger partial charge in [0.25, 0.3) is 5.91 Å². The van der Waals surface area contributed by atoms with Crippen LogP contribution in [0.25, 0.3) is 6.08 Å². The number of aliphatic imine (C=N–C) groups is 1. The zero-order valence-electron chi connectivity index (χ0n) is 18.8. The number of aryl methyl sites for hydroxylation is 1. The number of thioether (sulfide) groups is 1. The topological polar surface area (TPSA) is 86.2 Å². The lowest BCUT2D eigenvalue weighted by Crippen LogP contribution is -2.19. The van der Waals surface area contributed by atoms with Gasteiger partial charge in [0, 0.05) is 0 Å². The third kappa shape index (κ3) is 5.47. The fourth-order valence-corrected chi connectivity index (χ4v) is 3.95. The van der Waals surface area contributed by atoms with Crippen molar-refractivity contribution in [3.8, 4) is 17.2 Å². The molecule has 1 N–H and O–H groups in total. The number of nitrogens with one attached hydrogen (secondary N) is 1. The summed E-state index contributed by atoms with van der Waals surface area (Å²) in [7, 11) is 3.09. The van der Waals surface area contributed by atoms with E-state index in [-0.39, 0.29) is 5.91 Å². The molecule has 0 atom stereocenters. The lowest BCUT2D eigenvalue weighted by atomic mass is 10.1. The Bertz CT molecular complexity index is 1280. The number of benzene rings is 3. The van der Waals surface area contributed by atoms with Gasteiger partial charge >= 0.3 is 5.97 Å². The minimum absolute atomic E-state index is 0.244. The summed E-state index contributed by atoms with van der Waals surface area (Å²) in [4.78, 5) is 29.8. The number of amidine groups is 1. The van der Waals surface area contributed by atoms with Gasteiger partial charge in [-0.05, 0) is 78.9 Å². The summed E-state index contributed by atoms with van der Waals surface area (Å²) in [5.41, 5.74) is 2.92. The predicted octanol–water partition coefficient (Wildman–Crippen LogP) is 5.12. The molecule has 34 heavy (non-hydrogen) atoms. The van der Waals surface area contributed by atoms with Crippen molar-refractivity contribution in [2.75, 3.05) is 14.2 Å². The first-order valence-corrected chi connectivity index (χ1v) is 11.2. The Balaban J connectivity index is 1.50. The van der Waals surface area contributed by atoms with E-state index in [0.29, 0.717) is 32.8 Å². The maximum atomic E-state index is 12.5. The lowest BCUT2D eigenvalue weighted by Gasteiger charge is -2.10. The quantitative estimate of drug-likeness (QED) is 0.303. The predicted molar refractivity (Wildman–Crippen MR) is 133 cm³/mol. The molecule has 1 amide bonds. The van der Waals surface area contributed by atoms with Crippen LogP contribution in [0.1, 0.15) is 21.5 Å². The fourth-order valence-electron chi connectivity index (χ4n) is 3.11. The van der Waals surface area contributed by atoms with Crippen molar-refractivity contribution in [2.45, 2.75) is 6.92 Å². The molecule has 0 bridgehead atoms. The van der Waals surface area contributed by atoms with Gasteiger partial charge in [-0.2, -0.15) is 0 Å². The van der Waals surface area contributed by atoms with Crippen LogP contribution < -0.4 is 19.5 Å². The molecule has 4 rings (SSSR count). The van der Waals surface area contributed by atoms with E-state index < -0.39 is 5.97 Å². The maximum absolute atomic E-state index is 12.5. The first-order chi connectivity index (χ1) is 16.4. The first kappa shape index (κ1) is 23.1. The molecule has 0 spiro atoms. The third-order valence-corrected chi connectivity index (χ3v) is 5.84. The highest BCUT2D eigenvalue weighted by molar-refractivity contribution is 8.18. The molecule has 0 saturated carbocycles. The van der Waals surface area contributed by atoms with Gasteiger partial charge in [0.05, 0.1) is 30.4 Å². The van der Waals surface area contributed by atoms with Crippen molar-refractivity contribution in [2.24, 2.45) is 4.99 Å². The van der Waals surface area contributed by atoms with Gasteiger partial charge in [-0.25, -0.2) is 9.79 Å². The van der Waals surface area contributed by atoms with E-state index in [0.717, 1.165) is 16.9 Å². The molecule has 1 fully saturated rings. The molecule has 3 aromatic carbocycles. The van der Waals surface area contributed by atoms with Gasteiger partial charge in [0.15, 0.2) is 16.7 Å². The normalized spacial score (nSPS) is 15.3. The van der Waals surface area contributed by atoms with E-state index in [1.165, 1.54) is 18.9 Å². The number of carbonyl (C=O) groups is 2. The number of esters is 1. The van der Waals surface area contributed by atoms with Crippen LogP contribution in [-0.4, -0.2) is 31.3 Å². The monoisotopic (exact) mass is 474 g/mol. The molecule has 1 heterocycles. The molecule has 0 aromatic heterocycles. The van der Waals surface area contributed by atoms with E-state index in [1.807, 2.05) is 31.2 Å². The van der Waals surface area contributed by atoms with Crippen LogP contribution in [0.2, 0.25) is 0 Å². The SMILES string of the molecule is COc1ccc(N=C2NC(=O)/C(=C/c3ccc(OC(=O)c4ccc(C)cc4)c(OC)c3)S2)cc1. The van der Waals surface area contributed by atoms with E-state index in [4.69, 9.17) is 14.2 Å². The molecule has 172 valence electrons. The Hall–Kier alpha value is -4.04. The Morgan fingerprint density at radius 1 is 0.941 bits per heavy atom. The van der Waals surface area contributed by atoms with Crippen molar-refractivity contribution in [3.63, 3.8) is 0 Å². The minimum Gasteiger partial charge on any atom is -0.497 e. The minimum atomic E-state index is -0.477. The molecule has 0 unspecified atom stereocenters. The number of carbonyl (C=O) groups excluding carboxylic acids is 2. The lowest BCUT2D eigenvalue weighted by molar-refractivity contribution is -0.115. The maximum Gasteiger partial charge on any atom is 0.343 e. The number of ether oxygens (including phenoxy) is 3. The first-order valence-electron chi connectivity index (χ1n) is 10.4. The molecule has 0 radical (unpaired) electrons. The third-order valence-electron chi connectivity index (χ3n) is 4.93. The number of hydrogen-bond acceptors (Lipinski definition) is 7. The number of methoxy groups -OCH3 is 2. The number of amides is 1.